The number of hydrogen-bond donors (Lipinski definition) is 2. The van der Waals surface area contributed by atoms with Crippen LogP contribution in [0, 0.1) is 11.8 Å². The second-order valence-corrected chi connectivity index (χ2v) is 6.51. The van der Waals surface area contributed by atoms with Crippen LogP contribution in [-0.4, -0.2) is 17.2 Å². The second kappa shape index (κ2) is 7.07. The first-order chi connectivity index (χ1) is 9.90. The Morgan fingerprint density at radius 1 is 1.29 bits per heavy atom. The Balaban J connectivity index is 1.92. The number of rotatable bonds is 4. The van der Waals surface area contributed by atoms with Crippen molar-refractivity contribution in [2.75, 3.05) is 0 Å². The van der Waals surface area contributed by atoms with E-state index in [0.717, 1.165) is 10.2 Å². The molecule has 1 aromatic heterocycles. The van der Waals surface area contributed by atoms with Gasteiger partial charge in [-0.05, 0) is 59.7 Å². The Labute approximate surface area is 130 Å². The first-order valence-corrected chi connectivity index (χ1v) is 7.82. The number of hydrazine groups is 1. The van der Waals surface area contributed by atoms with Gasteiger partial charge in [0.25, 0.3) is 0 Å². The van der Waals surface area contributed by atoms with Crippen LogP contribution >= 0.6 is 15.9 Å². The average molecular weight is 366 g/mol. The largest absolute Gasteiger partial charge is 0.391 e. The number of hydrogen-bond acceptors (Lipinski definition) is 3. The molecule has 21 heavy (non-hydrogen) atoms. The third kappa shape index (κ3) is 4.66. The predicted octanol–water partition coefficient (Wildman–Crippen LogP) is 3.59. The zero-order valence-corrected chi connectivity index (χ0v) is 13.1. The summed E-state index contributed by atoms with van der Waals surface area (Å²) in [5.74, 6) is 4.60. The third-order valence-electron chi connectivity index (χ3n) is 4.24. The van der Waals surface area contributed by atoms with Crippen molar-refractivity contribution in [1.82, 2.24) is 10.4 Å². The molecule has 0 amide bonds. The molecule has 1 heterocycles. The first-order valence-electron chi connectivity index (χ1n) is 7.03. The van der Waals surface area contributed by atoms with Crippen molar-refractivity contribution in [1.29, 1.82) is 0 Å². The van der Waals surface area contributed by atoms with Crippen molar-refractivity contribution in [3.8, 4) is 0 Å². The van der Waals surface area contributed by atoms with Crippen molar-refractivity contribution >= 4 is 15.9 Å². The summed E-state index contributed by atoms with van der Waals surface area (Å²) in [5, 5.41) is 0. The van der Waals surface area contributed by atoms with Crippen LogP contribution in [0.2, 0.25) is 0 Å². The van der Waals surface area contributed by atoms with Crippen LogP contribution in [0.3, 0.4) is 0 Å². The van der Waals surface area contributed by atoms with E-state index in [4.69, 9.17) is 5.84 Å². The van der Waals surface area contributed by atoms with Crippen molar-refractivity contribution in [3.05, 3.63) is 28.5 Å². The standard InChI is InChI=1S/C14H19BrF3N3/c15-11-5-6-12(20-8-11)7-13(21-19)9-1-3-10(4-2-9)14(16,17)18/h5-6,8-10,13,21H,1-4,7,19H2. The second-order valence-electron chi connectivity index (χ2n) is 5.60. The zero-order valence-electron chi connectivity index (χ0n) is 11.5. The van der Waals surface area contributed by atoms with Gasteiger partial charge in [-0.2, -0.15) is 13.2 Å². The van der Waals surface area contributed by atoms with Gasteiger partial charge in [0.2, 0.25) is 0 Å². The topological polar surface area (TPSA) is 50.9 Å². The lowest BCUT2D eigenvalue weighted by Crippen LogP contribution is -2.44. The number of pyridine rings is 1. The Morgan fingerprint density at radius 3 is 2.43 bits per heavy atom. The monoisotopic (exact) mass is 365 g/mol. The van der Waals surface area contributed by atoms with Crippen molar-refractivity contribution in [3.63, 3.8) is 0 Å². The molecule has 1 aliphatic rings. The summed E-state index contributed by atoms with van der Waals surface area (Å²) < 4.78 is 38.9. The molecule has 0 aliphatic heterocycles. The van der Waals surface area contributed by atoms with E-state index in [0.29, 0.717) is 19.3 Å². The van der Waals surface area contributed by atoms with Crippen molar-refractivity contribution in [2.24, 2.45) is 17.7 Å². The number of aromatic nitrogens is 1. The van der Waals surface area contributed by atoms with Crippen molar-refractivity contribution < 1.29 is 13.2 Å². The average Bonchev–Trinajstić information content (AvgIpc) is 2.46. The molecule has 2 rings (SSSR count). The van der Waals surface area contributed by atoms with Gasteiger partial charge in [-0.1, -0.05) is 0 Å². The fraction of sp³-hybridized carbons (Fsp3) is 0.643. The summed E-state index contributed by atoms with van der Waals surface area (Å²) in [5.41, 5.74) is 3.64. The van der Waals surface area contributed by atoms with Gasteiger partial charge in [-0.25, -0.2) is 0 Å². The number of nitrogens with two attached hydrogens (primary N) is 1. The summed E-state index contributed by atoms with van der Waals surface area (Å²) in [6.45, 7) is 0. The van der Waals surface area contributed by atoms with E-state index in [1.165, 1.54) is 0 Å². The van der Waals surface area contributed by atoms with Gasteiger partial charge in [0.1, 0.15) is 0 Å². The van der Waals surface area contributed by atoms with Crippen LogP contribution in [0.5, 0.6) is 0 Å². The lowest BCUT2D eigenvalue weighted by atomic mass is 9.77. The maximum atomic E-state index is 12.7. The molecule has 1 fully saturated rings. The lowest BCUT2D eigenvalue weighted by Gasteiger charge is -2.34. The molecule has 0 aromatic carbocycles. The number of alkyl halides is 3. The SMILES string of the molecule is NNC(Cc1ccc(Br)cn1)C1CCC(C(F)(F)F)CC1. The summed E-state index contributed by atoms with van der Waals surface area (Å²) in [6, 6.07) is 3.76. The molecular formula is C14H19BrF3N3. The van der Waals surface area contributed by atoms with Gasteiger partial charge < -0.3 is 0 Å². The fourth-order valence-corrected chi connectivity index (χ4v) is 3.20. The molecule has 118 valence electrons. The molecule has 1 unspecified atom stereocenters. The highest BCUT2D eigenvalue weighted by Crippen LogP contribution is 2.40. The summed E-state index contributed by atoms with van der Waals surface area (Å²) in [7, 11) is 0. The van der Waals surface area contributed by atoms with Crippen LogP contribution in [0.15, 0.2) is 22.8 Å². The minimum absolute atomic E-state index is 0.0344. The number of nitrogens with one attached hydrogen (secondary N) is 1. The van der Waals surface area contributed by atoms with E-state index in [1.807, 2.05) is 12.1 Å². The molecule has 1 aliphatic carbocycles. The Hall–Kier alpha value is -0.660. The molecule has 0 radical (unpaired) electrons. The first kappa shape index (κ1) is 16.7. The van der Waals surface area contributed by atoms with Gasteiger partial charge in [0.05, 0.1) is 5.92 Å². The molecule has 1 saturated carbocycles. The van der Waals surface area contributed by atoms with Crippen molar-refractivity contribution in [2.45, 2.75) is 44.3 Å². The lowest BCUT2D eigenvalue weighted by molar-refractivity contribution is -0.184. The molecule has 0 saturated heterocycles. The van der Waals surface area contributed by atoms with Gasteiger partial charge >= 0.3 is 6.18 Å². The molecule has 3 nitrogen and oxygen atoms in total. The van der Waals surface area contributed by atoms with Crippen LogP contribution < -0.4 is 11.3 Å². The Kier molecular flexibility index (Phi) is 5.62. The van der Waals surface area contributed by atoms with E-state index < -0.39 is 12.1 Å². The molecule has 1 aromatic rings. The highest BCUT2D eigenvalue weighted by Gasteiger charge is 2.42. The molecule has 0 bridgehead atoms. The molecule has 0 spiro atoms. The highest BCUT2D eigenvalue weighted by atomic mass is 79.9. The van der Waals surface area contributed by atoms with E-state index >= 15 is 0 Å². The van der Waals surface area contributed by atoms with Crippen LogP contribution in [0.4, 0.5) is 13.2 Å². The summed E-state index contributed by atoms with van der Waals surface area (Å²) in [6.07, 6.45) is -0.232. The molecule has 3 N–H and O–H groups in total. The zero-order chi connectivity index (χ0) is 15.5. The van der Waals surface area contributed by atoms with Gasteiger partial charge in [0, 0.05) is 28.8 Å². The maximum Gasteiger partial charge on any atom is 0.391 e. The van der Waals surface area contributed by atoms with E-state index in [-0.39, 0.29) is 24.8 Å². The number of halogens is 4. The minimum atomic E-state index is -4.07. The van der Waals surface area contributed by atoms with E-state index in [1.54, 1.807) is 6.20 Å². The molecule has 7 heteroatoms. The summed E-state index contributed by atoms with van der Waals surface area (Å²) >= 11 is 3.32. The smallest absolute Gasteiger partial charge is 0.271 e. The van der Waals surface area contributed by atoms with E-state index in [2.05, 4.69) is 26.3 Å². The van der Waals surface area contributed by atoms with Crippen LogP contribution in [-0.2, 0) is 6.42 Å². The predicted molar refractivity (Wildman–Crippen MR) is 78.3 cm³/mol. The quantitative estimate of drug-likeness (QED) is 0.633. The van der Waals surface area contributed by atoms with Gasteiger partial charge in [-0.15, -0.1) is 0 Å². The Bertz CT molecular complexity index is 442. The van der Waals surface area contributed by atoms with Gasteiger partial charge in [0.15, 0.2) is 0 Å². The molecular weight excluding hydrogens is 347 g/mol. The normalized spacial score (nSPS) is 24.8. The molecule has 1 atom stereocenters. The third-order valence-corrected chi connectivity index (χ3v) is 4.70. The van der Waals surface area contributed by atoms with Crippen LogP contribution in [0.25, 0.3) is 0 Å². The number of nitrogens with zero attached hydrogens (tertiary/aromatic N) is 1. The fourth-order valence-electron chi connectivity index (χ4n) is 2.96. The van der Waals surface area contributed by atoms with E-state index in [9.17, 15) is 13.2 Å². The summed E-state index contributed by atoms with van der Waals surface area (Å²) in [4.78, 5) is 4.29. The van der Waals surface area contributed by atoms with Crippen LogP contribution in [0.1, 0.15) is 31.4 Å². The highest BCUT2D eigenvalue weighted by molar-refractivity contribution is 9.10. The Morgan fingerprint density at radius 2 is 1.95 bits per heavy atom. The minimum Gasteiger partial charge on any atom is -0.271 e. The van der Waals surface area contributed by atoms with Gasteiger partial charge in [-0.3, -0.25) is 16.3 Å². The maximum absolute atomic E-state index is 12.7.